The average Bonchev–Trinajstić information content (AvgIpc) is 2.95. The summed E-state index contributed by atoms with van der Waals surface area (Å²) in [7, 11) is 0. The van der Waals surface area contributed by atoms with Gasteiger partial charge in [0.05, 0.1) is 5.41 Å². The van der Waals surface area contributed by atoms with Gasteiger partial charge in [0.25, 0.3) is 0 Å². The van der Waals surface area contributed by atoms with Gasteiger partial charge in [0.1, 0.15) is 0 Å². The van der Waals surface area contributed by atoms with Crippen molar-refractivity contribution < 1.29 is 14.7 Å². The molecule has 1 aliphatic carbocycles. The highest BCUT2D eigenvalue weighted by molar-refractivity contribution is 7.99. The lowest BCUT2D eigenvalue weighted by atomic mass is 9.81. The molecule has 1 amide bonds. The van der Waals surface area contributed by atoms with Gasteiger partial charge in [0.15, 0.2) is 0 Å². The zero-order valence-electron chi connectivity index (χ0n) is 12.3. The van der Waals surface area contributed by atoms with Crippen LogP contribution < -0.4 is 0 Å². The third-order valence-corrected chi connectivity index (χ3v) is 5.82. The molecule has 2 atom stereocenters. The summed E-state index contributed by atoms with van der Waals surface area (Å²) in [4.78, 5) is 25.6. The predicted octanol–water partition coefficient (Wildman–Crippen LogP) is 2.62. The van der Waals surface area contributed by atoms with Gasteiger partial charge in [0, 0.05) is 25.3 Å². The number of nitrogens with zero attached hydrogens (tertiary/aromatic N) is 1. The fourth-order valence-corrected chi connectivity index (χ4v) is 4.51. The van der Waals surface area contributed by atoms with Crippen LogP contribution in [0.15, 0.2) is 0 Å². The zero-order valence-corrected chi connectivity index (χ0v) is 13.1. The third kappa shape index (κ3) is 3.13. The molecule has 0 spiro atoms. The summed E-state index contributed by atoms with van der Waals surface area (Å²) in [5.41, 5.74) is -0.634. The smallest absolute Gasteiger partial charge is 0.311 e. The Bertz CT molecular complexity index is 374. The van der Waals surface area contributed by atoms with Crippen molar-refractivity contribution in [2.45, 2.75) is 45.4 Å². The second kappa shape index (κ2) is 6.83. The minimum absolute atomic E-state index is 0.143. The maximum Gasteiger partial charge on any atom is 0.311 e. The van der Waals surface area contributed by atoms with Crippen LogP contribution in [-0.2, 0) is 9.59 Å². The van der Waals surface area contributed by atoms with Crippen LogP contribution in [0, 0.1) is 11.3 Å². The number of fused-ring (bicyclic) bond motifs is 1. The number of carbonyl (C=O) groups is 2. The fraction of sp³-hybridized carbons (Fsp3) is 0.867. The van der Waals surface area contributed by atoms with E-state index in [1.54, 1.807) is 4.90 Å². The summed E-state index contributed by atoms with van der Waals surface area (Å²) in [5.74, 6) is 1.60. The first kappa shape index (κ1) is 15.7. The number of carboxylic acid groups (broad SMARTS) is 1. The van der Waals surface area contributed by atoms with E-state index in [-0.39, 0.29) is 11.8 Å². The molecule has 1 N–H and O–H groups in total. The normalized spacial score (nSPS) is 28.6. The molecule has 1 saturated carbocycles. The van der Waals surface area contributed by atoms with E-state index < -0.39 is 11.4 Å². The minimum atomic E-state index is -0.701. The van der Waals surface area contributed by atoms with Crippen molar-refractivity contribution in [1.29, 1.82) is 0 Å². The predicted molar refractivity (Wildman–Crippen MR) is 80.8 cm³/mol. The number of amides is 1. The quantitative estimate of drug-likeness (QED) is 0.734. The highest BCUT2D eigenvalue weighted by Gasteiger charge is 2.55. The van der Waals surface area contributed by atoms with Crippen LogP contribution in [0.3, 0.4) is 0 Å². The summed E-state index contributed by atoms with van der Waals surface area (Å²) in [6, 6.07) is 0. The number of likely N-dealkylation sites (tertiary alicyclic amines) is 1. The maximum atomic E-state index is 12.2. The summed E-state index contributed by atoms with van der Waals surface area (Å²) in [6.07, 6.45) is 5.63. The van der Waals surface area contributed by atoms with Gasteiger partial charge < -0.3 is 10.0 Å². The van der Waals surface area contributed by atoms with E-state index in [2.05, 4.69) is 6.92 Å². The van der Waals surface area contributed by atoms with E-state index >= 15 is 0 Å². The second-order valence-electron chi connectivity index (χ2n) is 6.04. The molecule has 0 unspecified atom stereocenters. The zero-order chi connectivity index (χ0) is 14.6. The Hall–Kier alpha value is -0.710. The van der Waals surface area contributed by atoms with E-state index in [0.717, 1.165) is 30.8 Å². The van der Waals surface area contributed by atoms with Gasteiger partial charge >= 0.3 is 5.97 Å². The Kier molecular flexibility index (Phi) is 5.35. The Morgan fingerprint density at radius 3 is 2.85 bits per heavy atom. The number of unbranched alkanes of at least 4 members (excludes halogenated alkanes) is 1. The van der Waals surface area contributed by atoms with Crippen molar-refractivity contribution in [2.24, 2.45) is 11.3 Å². The number of carbonyl (C=O) groups excluding carboxylic acids is 1. The van der Waals surface area contributed by atoms with Crippen molar-refractivity contribution in [1.82, 2.24) is 4.90 Å². The minimum Gasteiger partial charge on any atom is -0.481 e. The molecule has 0 bridgehead atoms. The number of hydrogen-bond acceptors (Lipinski definition) is 3. The molecule has 1 aliphatic heterocycles. The molecule has 1 saturated heterocycles. The highest BCUT2D eigenvalue weighted by Crippen LogP contribution is 2.48. The Balaban J connectivity index is 1.80. The molecular weight excluding hydrogens is 274 g/mol. The van der Waals surface area contributed by atoms with Crippen molar-refractivity contribution in [3.63, 3.8) is 0 Å². The molecule has 2 rings (SSSR count). The SMILES string of the molecule is CCCCSCCC(=O)N1C[C@@H]2CCC[C@@]2(C(=O)O)C1. The number of hydrogen-bond donors (Lipinski definition) is 1. The second-order valence-corrected chi connectivity index (χ2v) is 7.27. The summed E-state index contributed by atoms with van der Waals surface area (Å²) in [6.45, 7) is 3.26. The Labute approximate surface area is 125 Å². The Morgan fingerprint density at radius 1 is 1.40 bits per heavy atom. The lowest BCUT2D eigenvalue weighted by Crippen LogP contribution is -2.37. The molecule has 4 nitrogen and oxygen atoms in total. The van der Waals surface area contributed by atoms with Crippen LogP contribution in [0.1, 0.15) is 45.4 Å². The van der Waals surface area contributed by atoms with E-state index in [9.17, 15) is 14.7 Å². The molecule has 2 fully saturated rings. The topological polar surface area (TPSA) is 57.6 Å². The molecule has 0 aromatic carbocycles. The van der Waals surface area contributed by atoms with Crippen LogP contribution in [0.4, 0.5) is 0 Å². The number of thioether (sulfide) groups is 1. The molecule has 114 valence electrons. The molecule has 5 heteroatoms. The van der Waals surface area contributed by atoms with Gasteiger partial charge in [-0.1, -0.05) is 19.8 Å². The molecule has 20 heavy (non-hydrogen) atoms. The summed E-state index contributed by atoms with van der Waals surface area (Å²) >= 11 is 1.83. The monoisotopic (exact) mass is 299 g/mol. The largest absolute Gasteiger partial charge is 0.481 e. The van der Waals surface area contributed by atoms with Crippen LogP contribution in [0.25, 0.3) is 0 Å². The van der Waals surface area contributed by atoms with Crippen molar-refractivity contribution >= 4 is 23.6 Å². The van der Waals surface area contributed by atoms with Crippen LogP contribution in [0.5, 0.6) is 0 Å². The molecular formula is C15H25NO3S. The van der Waals surface area contributed by atoms with Crippen molar-refractivity contribution in [2.75, 3.05) is 24.6 Å². The lowest BCUT2D eigenvalue weighted by molar-refractivity contribution is -0.149. The average molecular weight is 299 g/mol. The van der Waals surface area contributed by atoms with Crippen molar-refractivity contribution in [3.05, 3.63) is 0 Å². The maximum absolute atomic E-state index is 12.2. The summed E-state index contributed by atoms with van der Waals surface area (Å²) in [5, 5.41) is 9.50. The number of aliphatic carboxylic acids is 1. The van der Waals surface area contributed by atoms with E-state index in [1.165, 1.54) is 12.8 Å². The van der Waals surface area contributed by atoms with Gasteiger partial charge in [0.2, 0.25) is 5.91 Å². The molecule has 0 aromatic heterocycles. The van der Waals surface area contributed by atoms with E-state index in [0.29, 0.717) is 19.5 Å². The van der Waals surface area contributed by atoms with Crippen molar-refractivity contribution in [3.8, 4) is 0 Å². The fourth-order valence-electron chi connectivity index (χ4n) is 3.49. The van der Waals surface area contributed by atoms with Crippen LogP contribution >= 0.6 is 11.8 Å². The summed E-state index contributed by atoms with van der Waals surface area (Å²) < 4.78 is 0. The van der Waals surface area contributed by atoms with Gasteiger partial charge in [-0.15, -0.1) is 0 Å². The first-order valence-electron chi connectivity index (χ1n) is 7.69. The number of carboxylic acids is 1. The lowest BCUT2D eigenvalue weighted by Gasteiger charge is -2.23. The molecule has 0 aromatic rings. The first-order chi connectivity index (χ1) is 9.60. The highest BCUT2D eigenvalue weighted by atomic mass is 32.2. The van der Waals surface area contributed by atoms with Gasteiger partial charge in [-0.05, 0) is 30.9 Å². The number of rotatable bonds is 7. The van der Waals surface area contributed by atoms with Crippen LogP contribution in [-0.4, -0.2) is 46.5 Å². The van der Waals surface area contributed by atoms with E-state index in [1.807, 2.05) is 11.8 Å². The Morgan fingerprint density at radius 2 is 2.20 bits per heavy atom. The standard InChI is InChI=1S/C15H25NO3S/c1-2-3-8-20-9-6-13(17)16-10-12-5-4-7-15(12,11-16)14(18)19/h12H,2-11H2,1H3,(H,18,19)/t12-,15+/m0/s1. The van der Waals surface area contributed by atoms with Gasteiger partial charge in [-0.2, -0.15) is 11.8 Å². The molecule has 0 radical (unpaired) electrons. The third-order valence-electron chi connectivity index (χ3n) is 4.75. The van der Waals surface area contributed by atoms with Crippen LogP contribution in [0.2, 0.25) is 0 Å². The molecule has 1 heterocycles. The van der Waals surface area contributed by atoms with Gasteiger partial charge in [-0.25, -0.2) is 0 Å². The van der Waals surface area contributed by atoms with E-state index in [4.69, 9.17) is 0 Å². The molecule has 2 aliphatic rings. The van der Waals surface area contributed by atoms with Gasteiger partial charge in [-0.3, -0.25) is 9.59 Å². The first-order valence-corrected chi connectivity index (χ1v) is 8.84.